The molecule has 0 bridgehead atoms. The van der Waals surface area contributed by atoms with Gasteiger partial charge in [-0.25, -0.2) is 0 Å². The average molecular weight is 441 g/mol. The lowest BCUT2D eigenvalue weighted by atomic mass is 9.81. The minimum atomic E-state index is -1.86. The van der Waals surface area contributed by atoms with Gasteiger partial charge in [-0.05, 0) is 24.6 Å². The molecule has 3 aromatic rings. The number of phenolic OH excluding ortho intramolecular Hbond substituents is 1. The van der Waals surface area contributed by atoms with Gasteiger partial charge < -0.3 is 19.7 Å². The van der Waals surface area contributed by atoms with Crippen LogP contribution in [0, 0.1) is 0 Å². The van der Waals surface area contributed by atoms with E-state index < -0.39 is 34.6 Å². The Hall–Kier alpha value is -3.26. The lowest BCUT2D eigenvalue weighted by molar-refractivity contribution is 0.0409. The Labute approximate surface area is 180 Å². The normalized spacial score (nSPS) is 15.9. The number of halogens is 1. The summed E-state index contributed by atoms with van der Waals surface area (Å²) in [5.74, 6) is -1.93. The molecule has 1 aliphatic carbocycles. The highest BCUT2D eigenvalue weighted by atomic mass is 35.5. The number of carbonyl (C=O) groups excluding carboxylic acids is 2. The predicted octanol–water partition coefficient (Wildman–Crippen LogP) is 2.77. The van der Waals surface area contributed by atoms with Crippen LogP contribution in [0.25, 0.3) is 11.0 Å². The van der Waals surface area contributed by atoms with Crippen molar-refractivity contribution in [2.45, 2.75) is 24.5 Å². The quantitative estimate of drug-likeness (QED) is 0.329. The first kappa shape index (κ1) is 21.0. The van der Waals surface area contributed by atoms with Crippen LogP contribution in [-0.2, 0) is 12.2 Å². The van der Waals surface area contributed by atoms with Crippen molar-refractivity contribution in [2.75, 3.05) is 0 Å². The Bertz CT molecular complexity index is 1350. The van der Waals surface area contributed by atoms with Crippen LogP contribution in [0.2, 0.25) is 0 Å². The zero-order valence-corrected chi connectivity index (χ0v) is 17.1. The first-order chi connectivity index (χ1) is 14.6. The molecule has 4 rings (SSSR count). The fraction of sp³-hybridized carbons (Fsp3) is 0.174. The number of benzene rings is 2. The van der Waals surface area contributed by atoms with Gasteiger partial charge in [0, 0.05) is 17.2 Å². The first-order valence-corrected chi connectivity index (χ1v) is 9.72. The Kier molecular flexibility index (Phi) is 4.85. The van der Waals surface area contributed by atoms with Crippen molar-refractivity contribution in [3.05, 3.63) is 86.8 Å². The number of fused-ring (bicyclic) bond motifs is 4. The van der Waals surface area contributed by atoms with Gasteiger partial charge in [0.1, 0.15) is 17.1 Å². The number of aromatic hydroxyl groups is 1. The lowest BCUT2D eigenvalue weighted by Gasteiger charge is -2.26. The third-order valence-corrected chi connectivity index (χ3v) is 6.09. The van der Waals surface area contributed by atoms with Gasteiger partial charge in [-0.15, -0.1) is 18.2 Å². The molecule has 0 aliphatic heterocycles. The summed E-state index contributed by atoms with van der Waals surface area (Å²) in [6, 6.07) is 6.40. The second kappa shape index (κ2) is 7.16. The van der Waals surface area contributed by atoms with Gasteiger partial charge in [-0.3, -0.25) is 14.4 Å². The molecule has 1 heterocycles. The summed E-state index contributed by atoms with van der Waals surface area (Å²) in [6.45, 7) is 4.24. The monoisotopic (exact) mass is 440 g/mol. The van der Waals surface area contributed by atoms with E-state index in [9.17, 15) is 29.7 Å². The molecule has 3 N–H and O–H groups in total. The summed E-state index contributed by atoms with van der Waals surface area (Å²) >= 11 is 6.11. The van der Waals surface area contributed by atoms with Gasteiger partial charge in [-0.2, -0.15) is 0 Å². The summed E-state index contributed by atoms with van der Waals surface area (Å²) in [7, 11) is 0. The van der Waals surface area contributed by atoms with Crippen LogP contribution in [0.4, 0.5) is 0 Å². The minimum absolute atomic E-state index is 0.00119. The van der Waals surface area contributed by atoms with Crippen LogP contribution in [0.5, 0.6) is 5.75 Å². The summed E-state index contributed by atoms with van der Waals surface area (Å²) in [6.07, 6.45) is 1.26. The van der Waals surface area contributed by atoms with E-state index in [2.05, 4.69) is 6.58 Å². The molecule has 0 spiro atoms. The highest BCUT2D eigenvalue weighted by Gasteiger charge is 2.38. The standard InChI is InChI=1S/C23H17ClO7/c1-3-15(24)23(2,30)16-8-14(27)17-10(9-25)7-12-19(22(17)31-16)21(29)18-11(20(12)28)5-4-6-13(18)26/h3-8,15,25-26,30H,1,9H2,2H3/t15-,23-/m1/s1. The second-order valence-electron chi connectivity index (χ2n) is 7.44. The van der Waals surface area contributed by atoms with Gasteiger partial charge >= 0.3 is 0 Å². The minimum Gasteiger partial charge on any atom is -0.507 e. The van der Waals surface area contributed by atoms with Crippen LogP contribution in [0.15, 0.2) is 52.2 Å². The number of alkyl halides is 1. The van der Waals surface area contributed by atoms with Gasteiger partial charge in [0.25, 0.3) is 0 Å². The number of hydrogen-bond acceptors (Lipinski definition) is 7. The van der Waals surface area contributed by atoms with Crippen LogP contribution in [0.1, 0.15) is 50.1 Å². The van der Waals surface area contributed by atoms with Gasteiger partial charge in [0.15, 0.2) is 16.8 Å². The fourth-order valence-corrected chi connectivity index (χ4v) is 3.90. The van der Waals surface area contributed by atoms with Crippen molar-refractivity contribution in [2.24, 2.45) is 0 Å². The number of aliphatic hydroxyl groups excluding tert-OH is 1. The largest absolute Gasteiger partial charge is 0.507 e. The highest BCUT2D eigenvalue weighted by Crippen LogP contribution is 2.38. The third kappa shape index (κ3) is 2.93. The zero-order chi connectivity index (χ0) is 22.7. The third-order valence-electron chi connectivity index (χ3n) is 5.48. The molecule has 158 valence electrons. The fourth-order valence-electron chi connectivity index (χ4n) is 3.80. The van der Waals surface area contributed by atoms with E-state index in [0.717, 1.165) is 6.07 Å². The van der Waals surface area contributed by atoms with Crippen molar-refractivity contribution in [1.29, 1.82) is 0 Å². The SMILES string of the molecule is C=C[C@@H](Cl)[C@@](C)(O)c1cc(=O)c2c(CO)cc3c(c2o1)C(=O)c1c(O)cccc1C3=O. The van der Waals surface area contributed by atoms with E-state index in [1.165, 1.54) is 37.3 Å². The molecule has 8 heteroatoms. The number of hydrogen-bond donors (Lipinski definition) is 3. The summed E-state index contributed by atoms with van der Waals surface area (Å²) < 4.78 is 5.80. The van der Waals surface area contributed by atoms with Crippen molar-refractivity contribution >= 4 is 34.1 Å². The van der Waals surface area contributed by atoms with Crippen LogP contribution in [-0.4, -0.2) is 32.3 Å². The van der Waals surface area contributed by atoms with Crippen molar-refractivity contribution in [1.82, 2.24) is 0 Å². The number of ketones is 2. The summed E-state index contributed by atoms with van der Waals surface area (Å²) in [4.78, 5) is 39.3. The Morgan fingerprint density at radius 2 is 1.87 bits per heavy atom. The number of carbonyl (C=O) groups is 2. The van der Waals surface area contributed by atoms with E-state index in [1.807, 2.05) is 0 Å². The summed E-state index contributed by atoms with van der Waals surface area (Å²) in [5.41, 5.74) is -3.21. The molecule has 31 heavy (non-hydrogen) atoms. The second-order valence-corrected chi connectivity index (χ2v) is 7.91. The molecule has 2 atom stereocenters. The molecule has 1 aromatic heterocycles. The summed E-state index contributed by atoms with van der Waals surface area (Å²) in [5, 5.41) is 29.7. The van der Waals surface area contributed by atoms with Gasteiger partial charge in [0.05, 0.1) is 28.5 Å². The van der Waals surface area contributed by atoms with Crippen LogP contribution >= 0.6 is 11.6 Å². The van der Waals surface area contributed by atoms with Crippen LogP contribution in [0.3, 0.4) is 0 Å². The van der Waals surface area contributed by atoms with Gasteiger partial charge in [0.2, 0.25) is 5.78 Å². The molecule has 1 aliphatic rings. The maximum absolute atomic E-state index is 13.3. The van der Waals surface area contributed by atoms with Crippen molar-refractivity contribution < 1.29 is 29.3 Å². The Morgan fingerprint density at radius 3 is 2.52 bits per heavy atom. The molecule has 2 aromatic carbocycles. The average Bonchev–Trinajstić information content (AvgIpc) is 2.75. The van der Waals surface area contributed by atoms with Crippen molar-refractivity contribution in [3.63, 3.8) is 0 Å². The molecule has 0 amide bonds. The maximum atomic E-state index is 13.3. The lowest BCUT2D eigenvalue weighted by Crippen LogP contribution is -2.32. The molecular formula is C23H17ClO7. The highest BCUT2D eigenvalue weighted by molar-refractivity contribution is 6.32. The smallest absolute Gasteiger partial charge is 0.202 e. The molecule has 0 fully saturated rings. The van der Waals surface area contributed by atoms with E-state index in [0.29, 0.717) is 0 Å². The number of phenols is 1. The van der Waals surface area contributed by atoms with Crippen molar-refractivity contribution in [3.8, 4) is 5.75 Å². The van der Waals surface area contributed by atoms with E-state index in [4.69, 9.17) is 16.0 Å². The van der Waals surface area contributed by atoms with E-state index in [-0.39, 0.29) is 50.3 Å². The molecule has 0 unspecified atom stereocenters. The molecular weight excluding hydrogens is 424 g/mol. The van der Waals surface area contributed by atoms with Crippen LogP contribution < -0.4 is 5.43 Å². The number of aliphatic hydroxyl groups is 2. The maximum Gasteiger partial charge on any atom is 0.202 e. The topological polar surface area (TPSA) is 125 Å². The zero-order valence-electron chi connectivity index (χ0n) is 16.3. The molecule has 0 saturated carbocycles. The van der Waals surface area contributed by atoms with E-state index in [1.54, 1.807) is 0 Å². The van der Waals surface area contributed by atoms with Gasteiger partial charge in [-0.1, -0.05) is 18.2 Å². The molecule has 0 radical (unpaired) electrons. The predicted molar refractivity (Wildman–Crippen MR) is 113 cm³/mol. The molecule has 0 saturated heterocycles. The molecule has 7 nitrogen and oxygen atoms in total. The Balaban J connectivity index is 2.15. The Morgan fingerprint density at radius 1 is 1.16 bits per heavy atom. The number of rotatable bonds is 4. The first-order valence-electron chi connectivity index (χ1n) is 9.28. The van der Waals surface area contributed by atoms with E-state index >= 15 is 0 Å².